The summed E-state index contributed by atoms with van der Waals surface area (Å²) in [5, 5.41) is 2.74. The number of hydrogen-bond acceptors (Lipinski definition) is 2. The number of rotatable bonds is 2. The molecule has 1 aromatic rings. The molecule has 0 atom stereocenters. The zero-order valence-corrected chi connectivity index (χ0v) is 9.81. The Balaban J connectivity index is 3.02. The molecule has 0 unspecified atom stereocenters. The predicted molar refractivity (Wildman–Crippen MR) is 62.2 cm³/mol. The fourth-order valence-corrected chi connectivity index (χ4v) is 1.82. The van der Waals surface area contributed by atoms with E-state index in [9.17, 15) is 4.79 Å². The topological polar surface area (TPSA) is 55.1 Å². The standard InChI is InChI=1S/C10H13BrN2O/c1-3-9(14)13-10-7(11)4-6(2)5-8(10)12/h4-5H,3,12H2,1-2H3,(H,13,14). The SMILES string of the molecule is CCC(=O)Nc1c(N)cc(C)cc1Br. The summed E-state index contributed by atoms with van der Waals surface area (Å²) < 4.78 is 0.816. The average Bonchev–Trinajstić information content (AvgIpc) is 2.10. The molecule has 3 N–H and O–H groups in total. The van der Waals surface area contributed by atoms with Gasteiger partial charge < -0.3 is 11.1 Å². The molecule has 0 saturated carbocycles. The molecule has 1 rings (SSSR count). The molecule has 0 saturated heterocycles. The van der Waals surface area contributed by atoms with E-state index in [1.165, 1.54) is 0 Å². The van der Waals surface area contributed by atoms with Crippen molar-refractivity contribution in [1.82, 2.24) is 0 Å². The predicted octanol–water partition coefficient (Wildman–Crippen LogP) is 2.69. The van der Waals surface area contributed by atoms with Crippen LogP contribution in [0, 0.1) is 6.92 Å². The highest BCUT2D eigenvalue weighted by atomic mass is 79.9. The minimum atomic E-state index is -0.0405. The van der Waals surface area contributed by atoms with Gasteiger partial charge in [-0.3, -0.25) is 4.79 Å². The molecular weight excluding hydrogens is 244 g/mol. The minimum Gasteiger partial charge on any atom is -0.397 e. The number of benzene rings is 1. The molecule has 0 aliphatic rings. The van der Waals surface area contributed by atoms with Gasteiger partial charge in [-0.05, 0) is 40.5 Å². The van der Waals surface area contributed by atoms with Crippen molar-refractivity contribution < 1.29 is 4.79 Å². The molecule has 0 spiro atoms. The zero-order chi connectivity index (χ0) is 10.7. The van der Waals surface area contributed by atoms with Gasteiger partial charge in [-0.15, -0.1) is 0 Å². The van der Waals surface area contributed by atoms with Crippen molar-refractivity contribution in [2.24, 2.45) is 0 Å². The van der Waals surface area contributed by atoms with Crippen LogP contribution in [0.4, 0.5) is 11.4 Å². The lowest BCUT2D eigenvalue weighted by molar-refractivity contribution is -0.115. The summed E-state index contributed by atoms with van der Waals surface area (Å²) in [7, 11) is 0. The summed E-state index contributed by atoms with van der Waals surface area (Å²) in [6.45, 7) is 3.75. The maximum absolute atomic E-state index is 11.2. The molecule has 0 fully saturated rings. The van der Waals surface area contributed by atoms with Crippen molar-refractivity contribution in [2.75, 3.05) is 11.1 Å². The third-order valence-corrected chi connectivity index (χ3v) is 2.48. The number of aryl methyl sites for hydroxylation is 1. The molecule has 0 aromatic heterocycles. The van der Waals surface area contributed by atoms with Crippen LogP contribution in [0.25, 0.3) is 0 Å². The average molecular weight is 257 g/mol. The van der Waals surface area contributed by atoms with Crippen LogP contribution in [0.1, 0.15) is 18.9 Å². The number of nitrogens with two attached hydrogens (primary N) is 1. The fourth-order valence-electron chi connectivity index (χ4n) is 1.13. The Morgan fingerprint density at radius 1 is 1.57 bits per heavy atom. The summed E-state index contributed by atoms with van der Waals surface area (Å²) in [5.74, 6) is -0.0405. The van der Waals surface area contributed by atoms with Crippen LogP contribution in [0.15, 0.2) is 16.6 Å². The molecule has 76 valence electrons. The van der Waals surface area contributed by atoms with Gasteiger partial charge in [0.25, 0.3) is 0 Å². The van der Waals surface area contributed by atoms with Gasteiger partial charge in [-0.2, -0.15) is 0 Å². The van der Waals surface area contributed by atoms with E-state index in [2.05, 4.69) is 21.2 Å². The van der Waals surface area contributed by atoms with Gasteiger partial charge in [-0.1, -0.05) is 6.92 Å². The quantitative estimate of drug-likeness (QED) is 0.800. The first kappa shape index (κ1) is 11.0. The monoisotopic (exact) mass is 256 g/mol. The Morgan fingerprint density at radius 2 is 2.21 bits per heavy atom. The molecule has 0 heterocycles. The third-order valence-electron chi connectivity index (χ3n) is 1.85. The number of amides is 1. The van der Waals surface area contributed by atoms with E-state index in [1.54, 1.807) is 6.92 Å². The second kappa shape index (κ2) is 4.46. The van der Waals surface area contributed by atoms with E-state index >= 15 is 0 Å². The molecule has 4 heteroatoms. The molecule has 14 heavy (non-hydrogen) atoms. The Bertz CT molecular complexity index is 340. The number of carbonyl (C=O) groups is 1. The first-order valence-electron chi connectivity index (χ1n) is 4.40. The minimum absolute atomic E-state index is 0.0405. The lowest BCUT2D eigenvalue weighted by Gasteiger charge is -2.10. The van der Waals surface area contributed by atoms with Gasteiger partial charge in [0.2, 0.25) is 5.91 Å². The Kier molecular flexibility index (Phi) is 3.52. The highest BCUT2D eigenvalue weighted by Crippen LogP contribution is 2.30. The highest BCUT2D eigenvalue weighted by Gasteiger charge is 2.07. The lowest BCUT2D eigenvalue weighted by atomic mass is 10.2. The van der Waals surface area contributed by atoms with Gasteiger partial charge >= 0.3 is 0 Å². The smallest absolute Gasteiger partial charge is 0.224 e. The number of nitrogen functional groups attached to an aromatic ring is 1. The Labute approximate surface area is 91.8 Å². The first-order chi connectivity index (χ1) is 6.54. The maximum atomic E-state index is 11.2. The van der Waals surface area contributed by atoms with Crippen molar-refractivity contribution in [1.29, 1.82) is 0 Å². The van der Waals surface area contributed by atoms with Crippen molar-refractivity contribution in [3.8, 4) is 0 Å². The highest BCUT2D eigenvalue weighted by molar-refractivity contribution is 9.10. The number of nitrogens with one attached hydrogen (secondary N) is 1. The molecule has 1 amide bonds. The molecular formula is C10H13BrN2O. The summed E-state index contributed by atoms with van der Waals surface area (Å²) in [6, 6.07) is 3.75. The normalized spacial score (nSPS) is 9.93. The van der Waals surface area contributed by atoms with Gasteiger partial charge in [0.15, 0.2) is 0 Å². The number of carbonyl (C=O) groups excluding carboxylic acids is 1. The largest absolute Gasteiger partial charge is 0.397 e. The van der Waals surface area contributed by atoms with Crippen molar-refractivity contribution in [3.63, 3.8) is 0 Å². The summed E-state index contributed by atoms with van der Waals surface area (Å²) in [5.41, 5.74) is 8.08. The van der Waals surface area contributed by atoms with Gasteiger partial charge in [0, 0.05) is 10.9 Å². The van der Waals surface area contributed by atoms with E-state index < -0.39 is 0 Å². The van der Waals surface area contributed by atoms with Gasteiger partial charge in [-0.25, -0.2) is 0 Å². The molecule has 0 aliphatic heterocycles. The molecule has 0 aliphatic carbocycles. The van der Waals surface area contributed by atoms with Gasteiger partial charge in [0.05, 0.1) is 11.4 Å². The third kappa shape index (κ3) is 2.48. The summed E-state index contributed by atoms with van der Waals surface area (Å²) >= 11 is 3.36. The van der Waals surface area contributed by atoms with Crippen LogP contribution >= 0.6 is 15.9 Å². The van der Waals surface area contributed by atoms with Crippen LogP contribution in [0.2, 0.25) is 0 Å². The Hall–Kier alpha value is -1.03. The van der Waals surface area contributed by atoms with Crippen LogP contribution in [-0.2, 0) is 4.79 Å². The maximum Gasteiger partial charge on any atom is 0.224 e. The van der Waals surface area contributed by atoms with Crippen LogP contribution in [0.5, 0.6) is 0 Å². The zero-order valence-electron chi connectivity index (χ0n) is 8.23. The van der Waals surface area contributed by atoms with Crippen molar-refractivity contribution in [3.05, 3.63) is 22.2 Å². The van der Waals surface area contributed by atoms with Crippen molar-refractivity contribution in [2.45, 2.75) is 20.3 Å². The lowest BCUT2D eigenvalue weighted by Crippen LogP contribution is -2.11. The summed E-state index contributed by atoms with van der Waals surface area (Å²) in [4.78, 5) is 11.2. The number of anilines is 2. The number of hydrogen-bond donors (Lipinski definition) is 2. The summed E-state index contributed by atoms with van der Waals surface area (Å²) in [6.07, 6.45) is 0.444. The number of halogens is 1. The van der Waals surface area contributed by atoms with E-state index in [0.717, 1.165) is 10.0 Å². The molecule has 1 aromatic carbocycles. The van der Waals surface area contributed by atoms with Crippen LogP contribution in [0.3, 0.4) is 0 Å². The second-order valence-electron chi connectivity index (χ2n) is 3.11. The molecule has 0 radical (unpaired) electrons. The second-order valence-corrected chi connectivity index (χ2v) is 3.97. The fraction of sp³-hybridized carbons (Fsp3) is 0.300. The molecule has 3 nitrogen and oxygen atoms in total. The Morgan fingerprint density at radius 3 is 2.71 bits per heavy atom. The van der Waals surface area contributed by atoms with Gasteiger partial charge in [0.1, 0.15) is 0 Å². The van der Waals surface area contributed by atoms with E-state index in [0.29, 0.717) is 17.8 Å². The van der Waals surface area contributed by atoms with E-state index in [4.69, 9.17) is 5.73 Å². The molecule has 0 bridgehead atoms. The van der Waals surface area contributed by atoms with E-state index in [1.807, 2.05) is 19.1 Å². The van der Waals surface area contributed by atoms with E-state index in [-0.39, 0.29) is 5.91 Å². The van der Waals surface area contributed by atoms with Crippen LogP contribution in [-0.4, -0.2) is 5.91 Å². The van der Waals surface area contributed by atoms with Crippen LogP contribution < -0.4 is 11.1 Å². The van der Waals surface area contributed by atoms with Crippen molar-refractivity contribution >= 4 is 33.2 Å². The first-order valence-corrected chi connectivity index (χ1v) is 5.19.